The molecule has 0 spiro atoms. The van der Waals surface area contributed by atoms with Crippen LogP contribution in [0.5, 0.6) is 0 Å². The molecule has 8 heteroatoms. The molecule has 1 aliphatic rings. The largest absolute Gasteiger partial charge is 0.367 e. The van der Waals surface area contributed by atoms with Crippen LogP contribution in [0, 0.1) is 11.3 Å². The Balaban J connectivity index is 1.84. The molecule has 1 aliphatic heterocycles. The number of hydrogen-bond donors (Lipinski definition) is 1. The molecule has 0 unspecified atom stereocenters. The van der Waals surface area contributed by atoms with Gasteiger partial charge < -0.3 is 10.2 Å². The molecule has 1 aromatic rings. The van der Waals surface area contributed by atoms with Crippen molar-refractivity contribution in [3.8, 4) is 6.07 Å². The van der Waals surface area contributed by atoms with Gasteiger partial charge in [0.15, 0.2) is 5.69 Å². The van der Waals surface area contributed by atoms with Gasteiger partial charge in [0.1, 0.15) is 21.7 Å². The van der Waals surface area contributed by atoms with Crippen molar-refractivity contribution >= 4 is 27.3 Å². The Bertz CT molecular complexity index is 664. The van der Waals surface area contributed by atoms with Gasteiger partial charge in [0.2, 0.25) is 0 Å². The number of nitrogens with zero attached hydrogens (tertiary/aromatic N) is 3. The maximum absolute atomic E-state index is 11.2. The summed E-state index contributed by atoms with van der Waals surface area (Å²) < 4.78 is 22.4. The van der Waals surface area contributed by atoms with Gasteiger partial charge in [-0.05, 0) is 25.0 Å². The van der Waals surface area contributed by atoms with Crippen molar-refractivity contribution in [3.05, 3.63) is 22.8 Å². The Morgan fingerprint density at radius 1 is 1.45 bits per heavy atom. The van der Waals surface area contributed by atoms with Crippen LogP contribution < -0.4 is 5.32 Å². The monoisotopic (exact) mass is 342 g/mol. The van der Waals surface area contributed by atoms with Gasteiger partial charge in [-0.3, -0.25) is 0 Å². The first-order chi connectivity index (χ1) is 10.4. The predicted molar refractivity (Wildman–Crippen MR) is 86.8 cm³/mol. The molecule has 0 amide bonds. The smallest absolute Gasteiger partial charge is 0.161 e. The molecule has 1 aromatic heterocycles. The molecule has 2 heterocycles. The van der Waals surface area contributed by atoms with Crippen molar-refractivity contribution in [2.45, 2.75) is 18.9 Å². The van der Waals surface area contributed by atoms with Crippen LogP contribution in [0.4, 0.5) is 5.82 Å². The molecule has 22 heavy (non-hydrogen) atoms. The number of piperidine rings is 1. The highest BCUT2D eigenvalue weighted by Gasteiger charge is 2.20. The van der Waals surface area contributed by atoms with Crippen molar-refractivity contribution in [1.82, 2.24) is 9.88 Å². The molecule has 0 radical (unpaired) electrons. The Morgan fingerprint density at radius 3 is 2.73 bits per heavy atom. The molecular weight excluding hydrogens is 324 g/mol. The van der Waals surface area contributed by atoms with E-state index in [9.17, 15) is 8.42 Å². The molecule has 6 nitrogen and oxygen atoms in total. The van der Waals surface area contributed by atoms with E-state index in [1.807, 2.05) is 6.07 Å². The molecule has 0 saturated carbocycles. The minimum Gasteiger partial charge on any atom is -0.367 e. The minimum atomic E-state index is -2.91. The quantitative estimate of drug-likeness (QED) is 0.873. The summed E-state index contributed by atoms with van der Waals surface area (Å²) >= 11 is 5.86. The van der Waals surface area contributed by atoms with Crippen LogP contribution in [-0.2, 0) is 9.84 Å². The third-order valence-corrected chi connectivity index (χ3v) is 4.90. The average Bonchev–Trinajstić information content (AvgIpc) is 2.48. The number of likely N-dealkylation sites (tertiary alicyclic amines) is 1. The Kier molecular flexibility index (Phi) is 5.62. The molecule has 0 bridgehead atoms. The SMILES string of the molecule is CS(=O)(=O)CCN1CCC(Nc2ccc(Cl)c(C#N)n2)CC1. The topological polar surface area (TPSA) is 86.1 Å². The van der Waals surface area contributed by atoms with Crippen LogP contribution in [-0.4, -0.2) is 56.0 Å². The zero-order valence-corrected chi connectivity index (χ0v) is 14.0. The molecule has 0 aromatic carbocycles. The molecule has 2 rings (SSSR count). The van der Waals surface area contributed by atoms with Gasteiger partial charge in [0, 0.05) is 31.9 Å². The first kappa shape index (κ1) is 17.0. The lowest BCUT2D eigenvalue weighted by Crippen LogP contribution is -2.41. The molecule has 0 atom stereocenters. The van der Waals surface area contributed by atoms with Crippen LogP contribution >= 0.6 is 11.6 Å². The van der Waals surface area contributed by atoms with Gasteiger partial charge in [-0.25, -0.2) is 13.4 Å². The summed E-state index contributed by atoms with van der Waals surface area (Å²) in [5, 5.41) is 12.6. The minimum absolute atomic E-state index is 0.204. The second kappa shape index (κ2) is 7.27. The van der Waals surface area contributed by atoms with Crippen LogP contribution in [0.25, 0.3) is 0 Å². The number of halogens is 1. The van der Waals surface area contributed by atoms with Crippen LogP contribution in [0.2, 0.25) is 5.02 Å². The summed E-state index contributed by atoms with van der Waals surface area (Å²) in [7, 11) is -2.91. The van der Waals surface area contributed by atoms with Crippen molar-refractivity contribution in [2.24, 2.45) is 0 Å². The van der Waals surface area contributed by atoms with Crippen molar-refractivity contribution in [3.63, 3.8) is 0 Å². The highest BCUT2D eigenvalue weighted by molar-refractivity contribution is 7.90. The summed E-state index contributed by atoms with van der Waals surface area (Å²) in [5.74, 6) is 0.852. The average molecular weight is 343 g/mol. The number of aromatic nitrogens is 1. The second-order valence-corrected chi connectivity index (χ2v) is 8.20. The van der Waals surface area contributed by atoms with E-state index in [4.69, 9.17) is 16.9 Å². The first-order valence-electron chi connectivity index (χ1n) is 7.10. The number of nitrogens with one attached hydrogen (secondary N) is 1. The molecule has 120 valence electrons. The molecule has 1 fully saturated rings. The summed E-state index contributed by atoms with van der Waals surface area (Å²) in [6, 6.07) is 5.66. The van der Waals surface area contributed by atoms with Gasteiger partial charge in [0.25, 0.3) is 0 Å². The van der Waals surface area contributed by atoms with Crippen molar-refractivity contribution in [1.29, 1.82) is 5.26 Å². The number of sulfone groups is 1. The summed E-state index contributed by atoms with van der Waals surface area (Å²) in [5.41, 5.74) is 0.220. The standard InChI is InChI=1S/C14H19ClN4O2S/c1-22(20,21)9-8-19-6-4-11(5-7-19)17-14-3-2-12(15)13(10-16)18-14/h2-3,11H,4-9H2,1H3,(H,17,18). The van der Waals surface area contributed by atoms with E-state index in [1.54, 1.807) is 12.1 Å². The molecule has 0 aliphatic carbocycles. The second-order valence-electron chi connectivity index (χ2n) is 5.53. The van der Waals surface area contributed by atoms with E-state index in [1.165, 1.54) is 6.26 Å². The predicted octanol–water partition coefficient (Wildman–Crippen LogP) is 1.53. The molecular formula is C14H19ClN4O2S. The lowest BCUT2D eigenvalue weighted by atomic mass is 10.1. The lowest BCUT2D eigenvalue weighted by Gasteiger charge is -2.32. The van der Waals surface area contributed by atoms with E-state index < -0.39 is 9.84 Å². The highest BCUT2D eigenvalue weighted by atomic mass is 35.5. The Labute approximate surface area is 136 Å². The normalized spacial score (nSPS) is 17.1. The van der Waals surface area contributed by atoms with Gasteiger partial charge in [-0.1, -0.05) is 11.6 Å². The van der Waals surface area contributed by atoms with E-state index in [0.29, 0.717) is 17.4 Å². The fraction of sp³-hybridized carbons (Fsp3) is 0.571. The van der Waals surface area contributed by atoms with Gasteiger partial charge >= 0.3 is 0 Å². The maximum Gasteiger partial charge on any atom is 0.161 e. The maximum atomic E-state index is 11.2. The van der Waals surface area contributed by atoms with E-state index in [2.05, 4.69) is 15.2 Å². The zero-order valence-electron chi connectivity index (χ0n) is 12.4. The van der Waals surface area contributed by atoms with Crippen LogP contribution in [0.3, 0.4) is 0 Å². The summed E-state index contributed by atoms with van der Waals surface area (Å²) in [6.07, 6.45) is 3.09. The number of anilines is 1. The zero-order chi connectivity index (χ0) is 16.2. The van der Waals surface area contributed by atoms with E-state index in [0.717, 1.165) is 25.9 Å². The van der Waals surface area contributed by atoms with Crippen molar-refractivity contribution in [2.75, 3.05) is 37.0 Å². The number of rotatable bonds is 5. The summed E-state index contributed by atoms with van der Waals surface area (Å²) in [6.45, 7) is 2.29. The lowest BCUT2D eigenvalue weighted by molar-refractivity contribution is 0.230. The van der Waals surface area contributed by atoms with Crippen LogP contribution in [0.1, 0.15) is 18.5 Å². The Hall–Kier alpha value is -1.36. The van der Waals surface area contributed by atoms with E-state index in [-0.39, 0.29) is 17.5 Å². The fourth-order valence-corrected chi connectivity index (χ4v) is 3.14. The number of pyridine rings is 1. The first-order valence-corrected chi connectivity index (χ1v) is 9.54. The van der Waals surface area contributed by atoms with Crippen LogP contribution in [0.15, 0.2) is 12.1 Å². The highest BCUT2D eigenvalue weighted by Crippen LogP contribution is 2.19. The van der Waals surface area contributed by atoms with Gasteiger partial charge in [0.05, 0.1) is 10.8 Å². The third kappa shape index (κ3) is 5.13. The van der Waals surface area contributed by atoms with Crippen molar-refractivity contribution < 1.29 is 8.42 Å². The number of hydrogen-bond acceptors (Lipinski definition) is 6. The Morgan fingerprint density at radius 2 is 2.14 bits per heavy atom. The summed E-state index contributed by atoms with van der Waals surface area (Å²) in [4.78, 5) is 6.34. The number of nitriles is 1. The molecule has 1 saturated heterocycles. The van der Waals surface area contributed by atoms with E-state index >= 15 is 0 Å². The van der Waals surface area contributed by atoms with Gasteiger partial charge in [-0.2, -0.15) is 5.26 Å². The fourth-order valence-electron chi connectivity index (χ4n) is 2.41. The van der Waals surface area contributed by atoms with Gasteiger partial charge in [-0.15, -0.1) is 0 Å². The molecule has 1 N–H and O–H groups in total. The third-order valence-electron chi connectivity index (χ3n) is 3.67.